The van der Waals surface area contributed by atoms with Gasteiger partial charge in [-0.2, -0.15) is 0 Å². The molecule has 0 aliphatic carbocycles. The molecule has 19 heavy (non-hydrogen) atoms. The number of amides is 2. The monoisotopic (exact) mass is 266 g/mol. The lowest BCUT2D eigenvalue weighted by Gasteiger charge is -2.09. The molecular formula is C13H18N2O4. The largest absolute Gasteiger partial charge is 0.484 e. The van der Waals surface area contributed by atoms with Crippen LogP contribution in [0.4, 0.5) is 0 Å². The van der Waals surface area contributed by atoms with Crippen molar-refractivity contribution >= 4 is 11.8 Å². The minimum absolute atomic E-state index is 0.113. The molecule has 1 aromatic rings. The summed E-state index contributed by atoms with van der Waals surface area (Å²) in [6.45, 7) is 3.68. The van der Waals surface area contributed by atoms with Crippen LogP contribution in [0.3, 0.4) is 0 Å². The fourth-order valence-electron chi connectivity index (χ4n) is 1.30. The molecule has 0 spiro atoms. The molecule has 0 unspecified atom stereocenters. The number of rotatable bonds is 5. The predicted octanol–water partition coefficient (Wildman–Crippen LogP) is 0.476. The molecule has 6 heteroatoms. The fourth-order valence-corrected chi connectivity index (χ4v) is 1.30. The van der Waals surface area contributed by atoms with E-state index in [-0.39, 0.29) is 13.2 Å². The summed E-state index contributed by atoms with van der Waals surface area (Å²) in [6.07, 6.45) is 0. The van der Waals surface area contributed by atoms with Crippen molar-refractivity contribution in [1.29, 1.82) is 0 Å². The second kappa shape index (κ2) is 7.38. The highest BCUT2D eigenvalue weighted by Gasteiger charge is 2.05. The molecule has 1 rings (SSSR count). The van der Waals surface area contributed by atoms with Crippen molar-refractivity contribution < 1.29 is 19.1 Å². The summed E-state index contributed by atoms with van der Waals surface area (Å²) in [5.74, 6) is -0.258. The minimum Gasteiger partial charge on any atom is -0.484 e. The molecule has 1 aromatic carbocycles. The molecular weight excluding hydrogens is 248 g/mol. The number of benzene rings is 1. The minimum atomic E-state index is -0.442. The summed E-state index contributed by atoms with van der Waals surface area (Å²) >= 11 is 0. The van der Waals surface area contributed by atoms with Crippen LogP contribution >= 0.6 is 0 Å². The first-order valence-corrected chi connectivity index (χ1v) is 5.79. The van der Waals surface area contributed by atoms with Crippen molar-refractivity contribution in [2.75, 3.05) is 20.3 Å². The number of carbonyl (C=O) groups is 2. The lowest BCUT2D eigenvalue weighted by atomic mass is 10.1. The van der Waals surface area contributed by atoms with Crippen LogP contribution in [0.2, 0.25) is 0 Å². The highest BCUT2D eigenvalue weighted by Crippen LogP contribution is 2.15. The Hall–Kier alpha value is -2.08. The van der Waals surface area contributed by atoms with Gasteiger partial charge in [-0.05, 0) is 37.1 Å². The first kappa shape index (κ1) is 15.0. The summed E-state index contributed by atoms with van der Waals surface area (Å²) in [6, 6.07) is 5.56. The standard InChI is InChI=1S/C13H18N2O4/c1-9-4-5-11(6-10(9)2)19-8-13(17)15-14-12(16)7-18-3/h4-6H,7-8H2,1-3H3,(H,14,16)(H,15,17). The van der Waals surface area contributed by atoms with Gasteiger partial charge < -0.3 is 9.47 Å². The van der Waals surface area contributed by atoms with Crippen LogP contribution in [-0.2, 0) is 14.3 Å². The summed E-state index contributed by atoms with van der Waals surface area (Å²) in [5, 5.41) is 0. The Kier molecular flexibility index (Phi) is 5.81. The molecule has 104 valence electrons. The number of carbonyl (C=O) groups excluding carboxylic acids is 2. The maximum Gasteiger partial charge on any atom is 0.276 e. The smallest absolute Gasteiger partial charge is 0.276 e. The second-order valence-corrected chi connectivity index (χ2v) is 4.06. The van der Waals surface area contributed by atoms with E-state index in [0.29, 0.717) is 5.75 Å². The maximum atomic E-state index is 11.4. The SMILES string of the molecule is COCC(=O)NNC(=O)COc1ccc(C)c(C)c1. The van der Waals surface area contributed by atoms with E-state index in [0.717, 1.165) is 11.1 Å². The molecule has 0 aliphatic rings. The molecule has 0 aromatic heterocycles. The van der Waals surface area contributed by atoms with E-state index in [4.69, 9.17) is 4.74 Å². The lowest BCUT2D eigenvalue weighted by molar-refractivity contribution is -0.131. The molecule has 0 fully saturated rings. The van der Waals surface area contributed by atoms with Gasteiger partial charge in [-0.1, -0.05) is 6.07 Å². The highest BCUT2D eigenvalue weighted by molar-refractivity contribution is 5.83. The van der Waals surface area contributed by atoms with Gasteiger partial charge >= 0.3 is 0 Å². The van der Waals surface area contributed by atoms with E-state index in [1.807, 2.05) is 26.0 Å². The third kappa shape index (κ3) is 5.39. The third-order valence-electron chi connectivity index (χ3n) is 2.47. The number of hydrogen-bond donors (Lipinski definition) is 2. The second-order valence-electron chi connectivity index (χ2n) is 4.06. The quantitative estimate of drug-likeness (QED) is 0.760. The van der Waals surface area contributed by atoms with Gasteiger partial charge in [-0.25, -0.2) is 0 Å². The zero-order chi connectivity index (χ0) is 14.3. The average Bonchev–Trinajstić information content (AvgIpc) is 2.38. The van der Waals surface area contributed by atoms with Gasteiger partial charge in [0.1, 0.15) is 12.4 Å². The maximum absolute atomic E-state index is 11.4. The van der Waals surface area contributed by atoms with Crippen molar-refractivity contribution in [1.82, 2.24) is 10.9 Å². The summed E-state index contributed by atoms with van der Waals surface area (Å²) in [4.78, 5) is 22.4. The normalized spacial score (nSPS) is 9.84. The van der Waals surface area contributed by atoms with Gasteiger partial charge in [0.05, 0.1) is 0 Å². The molecule has 6 nitrogen and oxygen atoms in total. The molecule has 0 atom stereocenters. The molecule has 2 amide bonds. The number of aryl methyl sites for hydroxylation is 2. The van der Waals surface area contributed by atoms with Crippen LogP contribution < -0.4 is 15.6 Å². The number of nitrogens with one attached hydrogen (secondary N) is 2. The van der Waals surface area contributed by atoms with Gasteiger partial charge in [0.25, 0.3) is 11.8 Å². The fraction of sp³-hybridized carbons (Fsp3) is 0.385. The van der Waals surface area contributed by atoms with Gasteiger partial charge in [0, 0.05) is 7.11 Å². The number of methoxy groups -OCH3 is 1. The van der Waals surface area contributed by atoms with E-state index in [1.165, 1.54) is 7.11 Å². The predicted molar refractivity (Wildman–Crippen MR) is 69.6 cm³/mol. The molecule has 0 saturated heterocycles. The zero-order valence-electron chi connectivity index (χ0n) is 11.3. The summed E-state index contributed by atoms with van der Waals surface area (Å²) in [5.41, 5.74) is 6.66. The first-order chi connectivity index (χ1) is 9.02. The Labute approximate surface area is 112 Å². The Morgan fingerprint density at radius 3 is 2.26 bits per heavy atom. The molecule has 0 radical (unpaired) electrons. The van der Waals surface area contributed by atoms with E-state index in [1.54, 1.807) is 6.07 Å². The zero-order valence-corrected chi connectivity index (χ0v) is 11.3. The van der Waals surface area contributed by atoms with Crippen LogP contribution in [0.1, 0.15) is 11.1 Å². The lowest BCUT2D eigenvalue weighted by Crippen LogP contribution is -2.45. The molecule has 0 heterocycles. The first-order valence-electron chi connectivity index (χ1n) is 5.79. The van der Waals surface area contributed by atoms with Gasteiger partial charge in [-0.3, -0.25) is 20.4 Å². The van der Waals surface area contributed by atoms with Gasteiger partial charge in [0.2, 0.25) is 0 Å². The van der Waals surface area contributed by atoms with E-state index in [2.05, 4.69) is 15.6 Å². The van der Waals surface area contributed by atoms with Crippen molar-refractivity contribution in [2.45, 2.75) is 13.8 Å². The number of hydrazine groups is 1. The Bertz CT molecular complexity index is 460. The molecule has 2 N–H and O–H groups in total. The van der Waals surface area contributed by atoms with Gasteiger partial charge in [-0.15, -0.1) is 0 Å². The summed E-state index contributed by atoms with van der Waals surface area (Å²) < 4.78 is 9.90. The Morgan fingerprint density at radius 1 is 1.05 bits per heavy atom. The number of ether oxygens (including phenoxy) is 2. The molecule has 0 aliphatic heterocycles. The van der Waals surface area contributed by atoms with Crippen LogP contribution in [0.15, 0.2) is 18.2 Å². The van der Waals surface area contributed by atoms with E-state index >= 15 is 0 Å². The van der Waals surface area contributed by atoms with Crippen LogP contribution in [0.5, 0.6) is 5.75 Å². The number of hydrogen-bond acceptors (Lipinski definition) is 4. The average molecular weight is 266 g/mol. The third-order valence-corrected chi connectivity index (χ3v) is 2.47. The summed E-state index contributed by atoms with van der Waals surface area (Å²) in [7, 11) is 1.39. The van der Waals surface area contributed by atoms with E-state index < -0.39 is 11.8 Å². The highest BCUT2D eigenvalue weighted by atomic mass is 16.5. The van der Waals surface area contributed by atoms with Crippen molar-refractivity contribution in [3.63, 3.8) is 0 Å². The van der Waals surface area contributed by atoms with Crippen LogP contribution in [0, 0.1) is 13.8 Å². The van der Waals surface area contributed by atoms with Crippen molar-refractivity contribution in [2.24, 2.45) is 0 Å². The van der Waals surface area contributed by atoms with Crippen LogP contribution in [0.25, 0.3) is 0 Å². The Morgan fingerprint density at radius 2 is 1.68 bits per heavy atom. The Balaban J connectivity index is 2.33. The molecule has 0 saturated carbocycles. The van der Waals surface area contributed by atoms with Crippen molar-refractivity contribution in [3.8, 4) is 5.75 Å². The van der Waals surface area contributed by atoms with E-state index in [9.17, 15) is 9.59 Å². The van der Waals surface area contributed by atoms with Crippen LogP contribution in [-0.4, -0.2) is 32.1 Å². The van der Waals surface area contributed by atoms with Crippen molar-refractivity contribution in [3.05, 3.63) is 29.3 Å². The topological polar surface area (TPSA) is 76.7 Å². The van der Waals surface area contributed by atoms with Gasteiger partial charge in [0.15, 0.2) is 6.61 Å². The molecule has 0 bridgehead atoms.